The van der Waals surface area contributed by atoms with Crippen molar-refractivity contribution in [1.29, 1.82) is 0 Å². The van der Waals surface area contributed by atoms with Gasteiger partial charge in [0.05, 0.1) is 11.0 Å². The van der Waals surface area contributed by atoms with Crippen molar-refractivity contribution in [2.24, 2.45) is 5.92 Å². The Morgan fingerprint density at radius 2 is 1.67 bits per heavy atom. The molecular weight excluding hydrogens is 208 g/mol. The lowest BCUT2D eigenvalue weighted by Crippen LogP contribution is -2.15. The summed E-state index contributed by atoms with van der Waals surface area (Å²) in [5.41, 5.74) is 0. The van der Waals surface area contributed by atoms with E-state index in [2.05, 4.69) is 13.8 Å². The van der Waals surface area contributed by atoms with E-state index in [0.29, 0.717) is 11.7 Å². The summed E-state index contributed by atoms with van der Waals surface area (Å²) in [6.45, 7) is 4.29. The Morgan fingerprint density at radius 3 is 2.27 bits per heavy atom. The van der Waals surface area contributed by atoms with Gasteiger partial charge in [-0.3, -0.25) is 0 Å². The van der Waals surface area contributed by atoms with Crippen LogP contribution in [0.3, 0.4) is 0 Å². The van der Waals surface area contributed by atoms with Crippen molar-refractivity contribution in [1.82, 2.24) is 0 Å². The summed E-state index contributed by atoms with van der Waals surface area (Å²) in [5, 5.41) is -0.0145. The first kappa shape index (κ1) is 13.0. The Labute approximate surface area is 94.4 Å². The molecule has 1 heterocycles. The number of sulfone groups is 1. The fourth-order valence-electron chi connectivity index (χ4n) is 2.47. The summed E-state index contributed by atoms with van der Waals surface area (Å²) in [6.07, 6.45) is 7.45. The molecule has 0 aliphatic carbocycles. The van der Waals surface area contributed by atoms with Crippen LogP contribution in [0, 0.1) is 5.92 Å². The maximum absolute atomic E-state index is 11.8. The Balaban J connectivity index is 2.45. The van der Waals surface area contributed by atoms with Crippen LogP contribution in [0.2, 0.25) is 0 Å². The molecule has 0 amide bonds. The zero-order valence-corrected chi connectivity index (χ0v) is 10.9. The highest BCUT2D eigenvalue weighted by molar-refractivity contribution is 7.92. The lowest BCUT2D eigenvalue weighted by atomic mass is 9.97. The highest BCUT2D eigenvalue weighted by Crippen LogP contribution is 2.32. The van der Waals surface area contributed by atoms with Crippen LogP contribution in [0.25, 0.3) is 0 Å². The zero-order valence-electron chi connectivity index (χ0n) is 10.0. The molecule has 2 nitrogen and oxygen atoms in total. The molecule has 0 radical (unpaired) electrons. The van der Waals surface area contributed by atoms with Crippen molar-refractivity contribution in [3.8, 4) is 0 Å². The van der Waals surface area contributed by atoms with Gasteiger partial charge in [0.2, 0.25) is 0 Å². The second-order valence-corrected chi connectivity index (χ2v) is 7.16. The molecule has 0 saturated carbocycles. The molecule has 0 N–H and O–H groups in total. The van der Waals surface area contributed by atoms with Crippen LogP contribution in [0.5, 0.6) is 0 Å². The Hall–Kier alpha value is -0.0500. The molecule has 90 valence electrons. The predicted octanol–water partition coefficient (Wildman–Crippen LogP) is 3.17. The molecule has 1 rings (SSSR count). The average molecular weight is 232 g/mol. The van der Waals surface area contributed by atoms with E-state index in [1.54, 1.807) is 0 Å². The number of hydrogen-bond donors (Lipinski definition) is 0. The van der Waals surface area contributed by atoms with E-state index in [0.717, 1.165) is 32.1 Å². The maximum Gasteiger partial charge on any atom is 0.153 e. The number of rotatable bonds is 6. The molecule has 0 spiro atoms. The first-order chi connectivity index (χ1) is 7.10. The van der Waals surface area contributed by atoms with Gasteiger partial charge in [-0.25, -0.2) is 8.42 Å². The SMILES string of the molecule is CCCCC1CC(CCCC)S(=O)(=O)C1. The van der Waals surface area contributed by atoms with Crippen molar-refractivity contribution in [3.63, 3.8) is 0 Å². The summed E-state index contributed by atoms with van der Waals surface area (Å²) >= 11 is 0. The fraction of sp³-hybridized carbons (Fsp3) is 1.00. The largest absolute Gasteiger partial charge is 0.229 e. The van der Waals surface area contributed by atoms with Crippen molar-refractivity contribution >= 4 is 9.84 Å². The standard InChI is InChI=1S/C12H24O2S/c1-3-5-7-11-9-12(8-6-4-2)15(13,14)10-11/h11-12H,3-10H2,1-2H3. The van der Waals surface area contributed by atoms with Crippen LogP contribution in [0.15, 0.2) is 0 Å². The van der Waals surface area contributed by atoms with E-state index in [1.807, 2.05) is 0 Å². The van der Waals surface area contributed by atoms with Gasteiger partial charge in [-0.2, -0.15) is 0 Å². The minimum Gasteiger partial charge on any atom is -0.229 e. The van der Waals surface area contributed by atoms with Gasteiger partial charge in [0.1, 0.15) is 0 Å². The summed E-state index contributed by atoms with van der Waals surface area (Å²) < 4.78 is 23.7. The number of hydrogen-bond acceptors (Lipinski definition) is 2. The minimum atomic E-state index is -2.74. The molecule has 1 fully saturated rings. The molecule has 2 atom stereocenters. The van der Waals surface area contributed by atoms with E-state index in [-0.39, 0.29) is 5.25 Å². The van der Waals surface area contributed by atoms with E-state index >= 15 is 0 Å². The predicted molar refractivity (Wildman–Crippen MR) is 64.7 cm³/mol. The van der Waals surface area contributed by atoms with Crippen LogP contribution < -0.4 is 0 Å². The molecule has 1 aliphatic heterocycles. The molecule has 0 aromatic rings. The topological polar surface area (TPSA) is 34.1 Å². The van der Waals surface area contributed by atoms with Gasteiger partial charge in [-0.05, 0) is 25.2 Å². The lowest BCUT2D eigenvalue weighted by molar-refractivity contribution is 0.479. The molecule has 15 heavy (non-hydrogen) atoms. The van der Waals surface area contributed by atoms with E-state index < -0.39 is 9.84 Å². The normalized spacial score (nSPS) is 29.5. The summed E-state index contributed by atoms with van der Waals surface area (Å²) in [6, 6.07) is 0. The van der Waals surface area contributed by atoms with Crippen molar-refractivity contribution < 1.29 is 8.42 Å². The number of unbranched alkanes of at least 4 members (excludes halogenated alkanes) is 2. The average Bonchev–Trinajstić information content (AvgIpc) is 2.47. The molecule has 1 aliphatic rings. The summed E-state index contributed by atoms with van der Waals surface area (Å²) in [4.78, 5) is 0. The Morgan fingerprint density at radius 1 is 1.07 bits per heavy atom. The molecule has 0 aromatic carbocycles. The van der Waals surface area contributed by atoms with Gasteiger partial charge in [0, 0.05) is 0 Å². The van der Waals surface area contributed by atoms with Gasteiger partial charge >= 0.3 is 0 Å². The van der Waals surface area contributed by atoms with Gasteiger partial charge < -0.3 is 0 Å². The van der Waals surface area contributed by atoms with Gasteiger partial charge in [0.25, 0.3) is 0 Å². The van der Waals surface area contributed by atoms with E-state index in [9.17, 15) is 8.42 Å². The summed E-state index contributed by atoms with van der Waals surface area (Å²) in [7, 11) is -2.74. The maximum atomic E-state index is 11.8. The monoisotopic (exact) mass is 232 g/mol. The van der Waals surface area contributed by atoms with Gasteiger partial charge in [-0.15, -0.1) is 0 Å². The van der Waals surface area contributed by atoms with Crippen molar-refractivity contribution in [3.05, 3.63) is 0 Å². The quantitative estimate of drug-likeness (QED) is 0.705. The molecule has 1 saturated heterocycles. The third-order valence-corrected chi connectivity index (χ3v) is 5.80. The molecule has 0 aromatic heterocycles. The van der Waals surface area contributed by atoms with Crippen molar-refractivity contribution in [2.75, 3.05) is 5.75 Å². The smallest absolute Gasteiger partial charge is 0.153 e. The van der Waals surface area contributed by atoms with Crippen LogP contribution in [-0.4, -0.2) is 19.4 Å². The van der Waals surface area contributed by atoms with Crippen molar-refractivity contribution in [2.45, 2.75) is 64.0 Å². The zero-order chi connectivity index (χ0) is 11.3. The van der Waals surface area contributed by atoms with E-state index in [4.69, 9.17) is 0 Å². The lowest BCUT2D eigenvalue weighted by Gasteiger charge is -2.08. The van der Waals surface area contributed by atoms with Gasteiger partial charge in [-0.1, -0.05) is 39.5 Å². The van der Waals surface area contributed by atoms with Gasteiger partial charge in [0.15, 0.2) is 9.84 Å². The first-order valence-electron chi connectivity index (χ1n) is 6.31. The highest BCUT2D eigenvalue weighted by atomic mass is 32.2. The van der Waals surface area contributed by atoms with Crippen LogP contribution in [0.1, 0.15) is 58.8 Å². The summed E-state index contributed by atoms with van der Waals surface area (Å²) in [5.74, 6) is 0.915. The van der Waals surface area contributed by atoms with Crippen LogP contribution >= 0.6 is 0 Å². The fourth-order valence-corrected chi connectivity index (χ4v) is 4.80. The molecular formula is C12H24O2S. The molecule has 3 heteroatoms. The Kier molecular flexibility index (Phi) is 5.10. The highest BCUT2D eigenvalue weighted by Gasteiger charge is 2.36. The second kappa shape index (κ2) is 5.88. The van der Waals surface area contributed by atoms with Crippen LogP contribution in [-0.2, 0) is 9.84 Å². The van der Waals surface area contributed by atoms with E-state index in [1.165, 1.54) is 12.8 Å². The molecule has 0 bridgehead atoms. The van der Waals surface area contributed by atoms with Crippen LogP contribution in [0.4, 0.5) is 0 Å². The third kappa shape index (κ3) is 3.78. The second-order valence-electron chi connectivity index (χ2n) is 4.84. The molecule has 2 unspecified atom stereocenters. The third-order valence-electron chi connectivity index (χ3n) is 3.42. The Bertz CT molecular complexity index is 269. The minimum absolute atomic E-state index is 0.0145. The first-order valence-corrected chi connectivity index (χ1v) is 8.03.